The molecule has 56 valence electrons. The third-order valence-corrected chi connectivity index (χ3v) is 2.30. The third-order valence-electron chi connectivity index (χ3n) is 1.26. The minimum Gasteiger partial charge on any atom is -0.260 e. The second kappa shape index (κ2) is 2.59. The summed E-state index contributed by atoms with van der Waals surface area (Å²) in [4.78, 5) is 7.96. The fourth-order valence-electron chi connectivity index (χ4n) is 0.771. The van der Waals surface area contributed by atoms with Crippen molar-refractivity contribution in [3.8, 4) is 0 Å². The molecule has 0 unspecified atom stereocenters. The van der Waals surface area contributed by atoms with Crippen LogP contribution in [0.25, 0.3) is 11.0 Å². The molecular formula is C5H3IN4S. The van der Waals surface area contributed by atoms with E-state index < -0.39 is 0 Å². The van der Waals surface area contributed by atoms with Crippen molar-refractivity contribution in [2.24, 2.45) is 0 Å². The van der Waals surface area contributed by atoms with Crippen LogP contribution in [-0.2, 0) is 0 Å². The van der Waals surface area contributed by atoms with Crippen molar-refractivity contribution in [1.82, 2.24) is 20.2 Å². The zero-order valence-electron chi connectivity index (χ0n) is 5.24. The van der Waals surface area contributed by atoms with E-state index in [1.54, 1.807) is 6.20 Å². The van der Waals surface area contributed by atoms with Crippen LogP contribution in [-0.4, -0.2) is 20.2 Å². The number of nitrogens with zero attached hydrogens (tertiary/aromatic N) is 3. The Morgan fingerprint density at radius 2 is 2.36 bits per heavy atom. The maximum atomic E-state index is 4.03. The van der Waals surface area contributed by atoms with Gasteiger partial charge in [-0.2, -0.15) is 5.10 Å². The second-order valence-corrected chi connectivity index (χ2v) is 3.37. The number of thiol groups is 1. The Hall–Kier alpha value is -0.370. The average molecular weight is 278 g/mol. The van der Waals surface area contributed by atoms with Crippen LogP contribution < -0.4 is 0 Å². The van der Waals surface area contributed by atoms with Crippen LogP contribution in [0, 0.1) is 3.70 Å². The molecule has 0 aliphatic heterocycles. The summed E-state index contributed by atoms with van der Waals surface area (Å²) in [6.07, 6.45) is 1.70. The van der Waals surface area contributed by atoms with Crippen molar-refractivity contribution in [1.29, 1.82) is 0 Å². The molecule has 0 bridgehead atoms. The maximum Gasteiger partial charge on any atom is 0.186 e. The van der Waals surface area contributed by atoms with Crippen LogP contribution in [0.15, 0.2) is 11.4 Å². The van der Waals surface area contributed by atoms with Gasteiger partial charge in [0.25, 0.3) is 0 Å². The van der Waals surface area contributed by atoms with Crippen molar-refractivity contribution in [2.45, 2.75) is 5.16 Å². The molecule has 2 aromatic rings. The normalized spacial score (nSPS) is 10.7. The van der Waals surface area contributed by atoms with Gasteiger partial charge in [-0.05, 0) is 22.6 Å². The zero-order chi connectivity index (χ0) is 7.84. The predicted molar refractivity (Wildman–Crippen MR) is 51.7 cm³/mol. The van der Waals surface area contributed by atoms with Gasteiger partial charge in [-0.25, -0.2) is 9.97 Å². The Labute approximate surface area is 81.4 Å². The maximum absolute atomic E-state index is 4.03. The first kappa shape index (κ1) is 7.29. The number of H-pyrrole nitrogens is 1. The minimum absolute atomic E-state index is 0.456. The summed E-state index contributed by atoms with van der Waals surface area (Å²) < 4.78 is 0.880. The lowest BCUT2D eigenvalue weighted by Crippen LogP contribution is -1.82. The fourth-order valence-corrected chi connectivity index (χ4v) is 1.44. The first-order valence-corrected chi connectivity index (χ1v) is 4.35. The van der Waals surface area contributed by atoms with E-state index in [1.807, 2.05) is 0 Å². The van der Waals surface area contributed by atoms with Gasteiger partial charge in [0.15, 0.2) is 10.8 Å². The van der Waals surface area contributed by atoms with Gasteiger partial charge in [0.2, 0.25) is 0 Å². The Bertz CT molecular complexity index is 398. The van der Waals surface area contributed by atoms with E-state index in [9.17, 15) is 0 Å². The van der Waals surface area contributed by atoms with Crippen LogP contribution in [0.2, 0.25) is 0 Å². The highest BCUT2D eigenvalue weighted by Crippen LogP contribution is 2.14. The van der Waals surface area contributed by atoms with E-state index >= 15 is 0 Å². The highest BCUT2D eigenvalue weighted by molar-refractivity contribution is 14.1. The number of aromatic nitrogens is 4. The van der Waals surface area contributed by atoms with Gasteiger partial charge in [0, 0.05) is 6.20 Å². The minimum atomic E-state index is 0.456. The lowest BCUT2D eigenvalue weighted by Gasteiger charge is -1.88. The predicted octanol–water partition coefficient (Wildman–Crippen LogP) is 1.25. The van der Waals surface area contributed by atoms with Crippen molar-refractivity contribution in [2.75, 3.05) is 0 Å². The summed E-state index contributed by atoms with van der Waals surface area (Å²) >= 11 is 6.11. The molecule has 0 spiro atoms. The molecule has 0 aliphatic rings. The van der Waals surface area contributed by atoms with Crippen molar-refractivity contribution in [3.05, 3.63) is 9.90 Å². The molecule has 11 heavy (non-hydrogen) atoms. The lowest BCUT2D eigenvalue weighted by atomic mass is 10.5. The second-order valence-electron chi connectivity index (χ2n) is 1.95. The van der Waals surface area contributed by atoms with Crippen LogP contribution in [0.3, 0.4) is 0 Å². The largest absolute Gasteiger partial charge is 0.260 e. The molecule has 0 saturated heterocycles. The number of fused-ring (bicyclic) bond motifs is 1. The molecule has 0 radical (unpaired) electrons. The van der Waals surface area contributed by atoms with Crippen molar-refractivity contribution < 1.29 is 0 Å². The molecule has 2 rings (SSSR count). The summed E-state index contributed by atoms with van der Waals surface area (Å²) in [5.41, 5.74) is 0.731. The molecule has 1 N–H and O–H groups in total. The number of hydrogen-bond donors (Lipinski definition) is 2. The highest BCUT2D eigenvalue weighted by atomic mass is 127. The molecule has 2 aromatic heterocycles. The number of rotatable bonds is 0. The van der Waals surface area contributed by atoms with E-state index in [0.717, 1.165) is 14.7 Å². The Morgan fingerprint density at radius 3 is 3.18 bits per heavy atom. The van der Waals surface area contributed by atoms with E-state index in [2.05, 4.69) is 55.4 Å². The van der Waals surface area contributed by atoms with E-state index in [-0.39, 0.29) is 0 Å². The first-order valence-electron chi connectivity index (χ1n) is 2.83. The monoisotopic (exact) mass is 278 g/mol. The van der Waals surface area contributed by atoms with Gasteiger partial charge in [0.05, 0.1) is 5.39 Å². The van der Waals surface area contributed by atoms with Gasteiger partial charge in [0.1, 0.15) is 3.70 Å². The van der Waals surface area contributed by atoms with Gasteiger partial charge in [-0.1, -0.05) is 0 Å². The number of aromatic amines is 1. The van der Waals surface area contributed by atoms with Gasteiger partial charge < -0.3 is 0 Å². The van der Waals surface area contributed by atoms with Crippen LogP contribution in [0.1, 0.15) is 0 Å². The number of halogens is 1. The molecular weight excluding hydrogens is 275 g/mol. The number of nitrogens with one attached hydrogen (secondary N) is 1. The van der Waals surface area contributed by atoms with Gasteiger partial charge in [-0.15, -0.1) is 12.6 Å². The molecule has 0 aliphatic carbocycles. The molecule has 4 nitrogen and oxygen atoms in total. The SMILES string of the molecule is Sc1ncc2c(I)n[nH]c2n1. The average Bonchev–Trinajstić information content (AvgIpc) is 2.32. The number of hydrogen-bond acceptors (Lipinski definition) is 4. The van der Waals surface area contributed by atoms with Crippen molar-refractivity contribution >= 4 is 46.3 Å². The fraction of sp³-hybridized carbons (Fsp3) is 0. The lowest BCUT2D eigenvalue weighted by molar-refractivity contribution is 0.987. The molecule has 2 heterocycles. The molecule has 0 saturated carbocycles. The van der Waals surface area contributed by atoms with Crippen LogP contribution >= 0.6 is 35.2 Å². The molecule has 0 aromatic carbocycles. The van der Waals surface area contributed by atoms with E-state index in [0.29, 0.717) is 5.16 Å². The summed E-state index contributed by atoms with van der Waals surface area (Å²) in [6, 6.07) is 0. The van der Waals surface area contributed by atoms with Gasteiger partial charge in [-0.3, -0.25) is 5.10 Å². The third kappa shape index (κ3) is 1.20. The summed E-state index contributed by atoms with van der Waals surface area (Å²) in [5.74, 6) is 0. The van der Waals surface area contributed by atoms with Crippen LogP contribution in [0.5, 0.6) is 0 Å². The standard InChI is InChI=1S/C5H3IN4S/c6-3-2-1-7-5(11)8-4(2)10-9-3/h1H,(H2,7,8,9,10,11). The van der Waals surface area contributed by atoms with Gasteiger partial charge >= 0.3 is 0 Å². The van der Waals surface area contributed by atoms with E-state index in [1.165, 1.54) is 0 Å². The molecule has 6 heteroatoms. The Balaban J connectivity index is 2.86. The quantitative estimate of drug-likeness (QED) is 0.433. The molecule has 0 fully saturated rings. The highest BCUT2D eigenvalue weighted by Gasteiger charge is 2.03. The summed E-state index contributed by atoms with van der Waals surface area (Å²) in [7, 11) is 0. The summed E-state index contributed by atoms with van der Waals surface area (Å²) in [6.45, 7) is 0. The Kier molecular flexibility index (Phi) is 1.72. The van der Waals surface area contributed by atoms with Crippen LogP contribution in [0.4, 0.5) is 0 Å². The smallest absolute Gasteiger partial charge is 0.186 e. The molecule has 0 amide bonds. The Morgan fingerprint density at radius 1 is 1.55 bits per heavy atom. The topological polar surface area (TPSA) is 54.5 Å². The summed E-state index contributed by atoms with van der Waals surface area (Å²) in [5, 5.41) is 8.12. The van der Waals surface area contributed by atoms with E-state index in [4.69, 9.17) is 0 Å². The van der Waals surface area contributed by atoms with Crippen molar-refractivity contribution in [3.63, 3.8) is 0 Å². The first-order chi connectivity index (χ1) is 5.27. The molecule has 0 atom stereocenters. The zero-order valence-corrected chi connectivity index (χ0v) is 8.30.